The maximum atomic E-state index is 12.7. The number of carbonyl (C=O) groups is 2. The summed E-state index contributed by atoms with van der Waals surface area (Å²) in [5, 5.41) is 11.2. The van der Waals surface area contributed by atoms with E-state index in [-0.39, 0.29) is 23.7 Å². The number of aromatic nitrogens is 1. The second-order valence-electron chi connectivity index (χ2n) is 6.83. The third-order valence-corrected chi connectivity index (χ3v) is 5.69. The van der Waals surface area contributed by atoms with Crippen LogP contribution in [0.15, 0.2) is 42.5 Å². The second kappa shape index (κ2) is 5.32. The van der Waals surface area contributed by atoms with Crippen LogP contribution in [0, 0.1) is 5.92 Å². The molecule has 1 fully saturated rings. The van der Waals surface area contributed by atoms with Crippen molar-refractivity contribution in [2.24, 2.45) is 5.92 Å². The summed E-state index contributed by atoms with van der Waals surface area (Å²) in [5.41, 5.74) is 3.98. The molecule has 0 spiro atoms. The highest BCUT2D eigenvalue weighted by atomic mass is 35.5. The molecule has 0 saturated heterocycles. The number of allylic oxidation sites excluding steroid dienone is 1. The molecule has 0 bridgehead atoms. The van der Waals surface area contributed by atoms with Crippen LogP contribution in [0.3, 0.4) is 0 Å². The zero-order valence-electron chi connectivity index (χ0n) is 13.6. The molecule has 2 aliphatic rings. The number of rotatable bonds is 1. The number of aromatic hydroxyl groups is 1. The summed E-state index contributed by atoms with van der Waals surface area (Å²) in [4.78, 5) is 28.7. The van der Waals surface area contributed by atoms with Gasteiger partial charge in [0.25, 0.3) is 0 Å². The molecule has 2 N–H and O–H groups in total. The van der Waals surface area contributed by atoms with Crippen LogP contribution in [0.1, 0.15) is 29.2 Å². The Morgan fingerprint density at radius 2 is 1.81 bits per heavy atom. The number of phenols is 1. The van der Waals surface area contributed by atoms with Crippen molar-refractivity contribution in [3.8, 4) is 5.75 Å². The van der Waals surface area contributed by atoms with Crippen LogP contribution in [0.25, 0.3) is 22.6 Å². The Labute approximate surface area is 154 Å². The fraction of sp³-hybridized carbons (Fsp3) is 0.143. The van der Waals surface area contributed by atoms with Crippen LogP contribution in [0.4, 0.5) is 0 Å². The third-order valence-electron chi connectivity index (χ3n) is 5.36. The van der Waals surface area contributed by atoms with E-state index in [1.165, 1.54) is 0 Å². The number of benzene rings is 2. The van der Waals surface area contributed by atoms with Gasteiger partial charge in [-0.3, -0.25) is 9.59 Å². The van der Waals surface area contributed by atoms with E-state index in [0.29, 0.717) is 5.02 Å². The average molecular weight is 364 g/mol. The van der Waals surface area contributed by atoms with Gasteiger partial charge in [-0.25, -0.2) is 0 Å². The van der Waals surface area contributed by atoms with Crippen molar-refractivity contribution in [1.29, 1.82) is 0 Å². The fourth-order valence-corrected chi connectivity index (χ4v) is 4.55. The summed E-state index contributed by atoms with van der Waals surface area (Å²) in [6.07, 6.45) is 1.85. The Hall–Kier alpha value is -2.85. The van der Waals surface area contributed by atoms with E-state index < -0.39 is 11.8 Å². The van der Waals surface area contributed by atoms with Gasteiger partial charge in [0.1, 0.15) is 17.3 Å². The van der Waals surface area contributed by atoms with Crippen molar-refractivity contribution in [3.05, 3.63) is 64.3 Å². The number of hydrogen-bond acceptors (Lipinski definition) is 3. The first-order valence-corrected chi connectivity index (χ1v) is 8.79. The number of nitrogens with one attached hydrogen (secondary N) is 1. The molecular weight excluding hydrogens is 350 g/mol. The molecule has 1 aromatic heterocycles. The van der Waals surface area contributed by atoms with Gasteiger partial charge in [0.2, 0.25) is 0 Å². The maximum Gasteiger partial charge on any atom is 0.148 e. The van der Waals surface area contributed by atoms with E-state index in [0.717, 1.165) is 33.3 Å². The molecule has 1 saturated carbocycles. The van der Waals surface area contributed by atoms with Crippen molar-refractivity contribution in [1.82, 2.24) is 4.98 Å². The van der Waals surface area contributed by atoms with Crippen LogP contribution in [0.5, 0.6) is 5.75 Å². The summed E-state index contributed by atoms with van der Waals surface area (Å²) >= 11 is 6.38. The number of phenolic OH excluding ortho intramolecular Hbond substituents is 1. The molecule has 1 heterocycles. The molecule has 128 valence electrons. The molecule has 0 amide bonds. The van der Waals surface area contributed by atoms with E-state index in [2.05, 4.69) is 4.98 Å². The van der Waals surface area contributed by atoms with Crippen LogP contribution in [-0.2, 0) is 9.59 Å². The minimum Gasteiger partial charge on any atom is -0.508 e. The fourth-order valence-electron chi connectivity index (χ4n) is 4.30. The molecule has 0 radical (unpaired) electrons. The molecule has 5 rings (SSSR count). The van der Waals surface area contributed by atoms with Gasteiger partial charge in [-0.1, -0.05) is 29.8 Å². The first-order chi connectivity index (χ1) is 12.5. The molecular formula is C21H14ClNO3. The molecule has 5 heteroatoms. The second-order valence-corrected chi connectivity index (χ2v) is 7.23. The van der Waals surface area contributed by atoms with E-state index >= 15 is 0 Å². The van der Waals surface area contributed by atoms with Crippen LogP contribution < -0.4 is 0 Å². The monoisotopic (exact) mass is 363 g/mol. The predicted molar refractivity (Wildman–Crippen MR) is 100 cm³/mol. The lowest BCUT2D eigenvalue weighted by atomic mass is 9.75. The van der Waals surface area contributed by atoms with Crippen molar-refractivity contribution < 1.29 is 14.7 Å². The Balaban J connectivity index is 1.84. The van der Waals surface area contributed by atoms with Gasteiger partial charge in [-0.05, 0) is 47.0 Å². The van der Waals surface area contributed by atoms with E-state index in [1.54, 1.807) is 24.3 Å². The SMILES string of the molecule is O=C1CC(=O)C2c3c([nH]c4ccc(O)cc34)C=C(c3ccccc3Cl)C12. The lowest BCUT2D eigenvalue weighted by molar-refractivity contribution is -0.122. The van der Waals surface area contributed by atoms with Crippen LogP contribution in [-0.4, -0.2) is 21.7 Å². The quantitative estimate of drug-likeness (QED) is 0.632. The van der Waals surface area contributed by atoms with Crippen molar-refractivity contribution >= 4 is 45.7 Å². The van der Waals surface area contributed by atoms with Gasteiger partial charge >= 0.3 is 0 Å². The van der Waals surface area contributed by atoms with Gasteiger partial charge in [-0.2, -0.15) is 0 Å². The predicted octanol–water partition coefficient (Wildman–Crippen LogP) is 4.32. The van der Waals surface area contributed by atoms with Gasteiger partial charge in [0.15, 0.2) is 0 Å². The smallest absolute Gasteiger partial charge is 0.148 e. The number of carbonyl (C=O) groups excluding carboxylic acids is 2. The van der Waals surface area contributed by atoms with Crippen molar-refractivity contribution in [2.45, 2.75) is 12.3 Å². The van der Waals surface area contributed by atoms with Crippen molar-refractivity contribution in [2.75, 3.05) is 0 Å². The normalized spacial score (nSPS) is 21.7. The first-order valence-electron chi connectivity index (χ1n) is 8.41. The number of ketones is 2. The largest absolute Gasteiger partial charge is 0.508 e. The van der Waals surface area contributed by atoms with Gasteiger partial charge in [0.05, 0.1) is 18.3 Å². The minimum absolute atomic E-state index is 0.0674. The number of hydrogen-bond donors (Lipinski definition) is 2. The molecule has 2 aliphatic carbocycles. The number of halogens is 1. The summed E-state index contributed by atoms with van der Waals surface area (Å²) < 4.78 is 0. The van der Waals surface area contributed by atoms with Crippen molar-refractivity contribution in [3.63, 3.8) is 0 Å². The topological polar surface area (TPSA) is 70.2 Å². The molecule has 0 aliphatic heterocycles. The highest BCUT2D eigenvalue weighted by molar-refractivity contribution is 6.33. The van der Waals surface area contributed by atoms with Gasteiger partial charge in [-0.15, -0.1) is 0 Å². The Kier molecular flexibility index (Phi) is 3.15. The molecule has 2 aromatic carbocycles. The molecule has 4 nitrogen and oxygen atoms in total. The summed E-state index contributed by atoms with van der Waals surface area (Å²) in [7, 11) is 0. The number of Topliss-reactive ketones (excluding diaryl/α,β-unsaturated/α-hetero) is 2. The highest BCUT2D eigenvalue weighted by Crippen LogP contribution is 2.51. The standard InChI is InChI=1S/C21H14ClNO3/c22-14-4-2-1-3-11(14)12-8-16-19(21-18(26)9-17(25)20(12)21)13-7-10(24)5-6-15(13)23-16/h1-8,20-21,23-24H,9H2. The molecule has 2 unspecified atom stereocenters. The van der Waals surface area contributed by atoms with E-state index in [1.807, 2.05) is 24.3 Å². The number of aromatic amines is 1. The minimum atomic E-state index is -0.538. The van der Waals surface area contributed by atoms with Crippen LogP contribution in [0.2, 0.25) is 5.02 Å². The first kappa shape index (κ1) is 15.4. The number of H-pyrrole nitrogens is 1. The molecule has 26 heavy (non-hydrogen) atoms. The summed E-state index contributed by atoms with van der Waals surface area (Å²) in [6, 6.07) is 12.4. The Bertz CT molecular complexity index is 1140. The van der Waals surface area contributed by atoms with E-state index in [9.17, 15) is 14.7 Å². The third kappa shape index (κ3) is 2.02. The Morgan fingerprint density at radius 3 is 2.62 bits per heavy atom. The van der Waals surface area contributed by atoms with Crippen LogP contribution >= 0.6 is 11.6 Å². The lowest BCUT2D eigenvalue weighted by Crippen LogP contribution is -2.21. The Morgan fingerprint density at radius 1 is 1.04 bits per heavy atom. The highest BCUT2D eigenvalue weighted by Gasteiger charge is 2.48. The van der Waals surface area contributed by atoms with Gasteiger partial charge in [0, 0.05) is 21.6 Å². The summed E-state index contributed by atoms with van der Waals surface area (Å²) in [5.74, 6) is -1.09. The van der Waals surface area contributed by atoms with Gasteiger partial charge < -0.3 is 10.1 Å². The summed E-state index contributed by atoms with van der Waals surface area (Å²) in [6.45, 7) is 0. The zero-order chi connectivity index (χ0) is 18.0. The molecule has 2 atom stereocenters. The lowest BCUT2D eigenvalue weighted by Gasteiger charge is -2.26. The maximum absolute atomic E-state index is 12.7. The molecule has 3 aromatic rings. The zero-order valence-corrected chi connectivity index (χ0v) is 14.4. The average Bonchev–Trinajstić information content (AvgIpc) is 3.11. The number of fused-ring (bicyclic) bond motifs is 5. The van der Waals surface area contributed by atoms with E-state index in [4.69, 9.17) is 11.6 Å².